The van der Waals surface area contributed by atoms with E-state index < -0.39 is 0 Å². The number of hydrogen-bond donors (Lipinski definition) is 0. The lowest BCUT2D eigenvalue weighted by Crippen LogP contribution is -2.02. The van der Waals surface area contributed by atoms with Crippen LogP contribution >= 0.6 is 15.9 Å². The van der Waals surface area contributed by atoms with Gasteiger partial charge in [-0.1, -0.05) is 28.1 Å². The zero-order valence-electron chi connectivity index (χ0n) is 12.0. The summed E-state index contributed by atoms with van der Waals surface area (Å²) in [4.78, 5) is -0.260. The molecule has 0 saturated carbocycles. The summed E-state index contributed by atoms with van der Waals surface area (Å²) in [5.41, 5.74) is 1.56. The smallest absolute Gasteiger partial charge is 0.130 e. The van der Waals surface area contributed by atoms with Gasteiger partial charge in [0.25, 0.3) is 0 Å². The predicted octanol–water partition coefficient (Wildman–Crippen LogP) is 4.34. The van der Waals surface area contributed by atoms with Gasteiger partial charge in [-0.05, 0) is 17.7 Å². The zero-order valence-corrected chi connectivity index (χ0v) is 13.6. The highest BCUT2D eigenvalue weighted by Gasteiger charge is 2.22. The van der Waals surface area contributed by atoms with Gasteiger partial charge >= 0.3 is 0 Å². The van der Waals surface area contributed by atoms with Crippen molar-refractivity contribution in [3.63, 3.8) is 0 Å². The molecule has 0 fully saturated rings. The highest BCUT2D eigenvalue weighted by atomic mass is 79.9. The minimum atomic E-state index is -0.289. The average molecular weight is 355 g/mol. The molecule has 3 nitrogen and oxygen atoms in total. The van der Waals surface area contributed by atoms with E-state index in [1.165, 1.54) is 12.1 Å². The van der Waals surface area contributed by atoms with E-state index in [1.807, 2.05) is 6.07 Å². The van der Waals surface area contributed by atoms with E-state index in [0.29, 0.717) is 17.2 Å². The summed E-state index contributed by atoms with van der Waals surface area (Å²) < 4.78 is 29.5. The Balaban J connectivity index is 2.55. The molecule has 0 bridgehead atoms. The van der Waals surface area contributed by atoms with E-state index in [9.17, 15) is 4.39 Å². The summed E-state index contributed by atoms with van der Waals surface area (Å²) in [7, 11) is 4.72. The molecule has 0 aliphatic heterocycles. The van der Waals surface area contributed by atoms with E-state index in [-0.39, 0.29) is 10.6 Å². The molecule has 112 valence electrons. The third-order valence-electron chi connectivity index (χ3n) is 3.15. The number of methoxy groups -OCH3 is 3. The molecular weight excluding hydrogens is 339 g/mol. The number of rotatable bonds is 5. The summed E-state index contributed by atoms with van der Waals surface area (Å²) in [6, 6.07) is 9.93. The standard InChI is InChI=1S/C16H16BrFO3/c1-19-12-8-13(20-2)15(14(9-12)21-3)16(17)10-5-4-6-11(18)7-10/h4-9,16H,1-3H3. The van der Waals surface area contributed by atoms with E-state index in [4.69, 9.17) is 14.2 Å². The van der Waals surface area contributed by atoms with Crippen LogP contribution in [0.4, 0.5) is 4.39 Å². The van der Waals surface area contributed by atoms with Gasteiger partial charge in [0.1, 0.15) is 23.1 Å². The second-order valence-electron chi connectivity index (χ2n) is 4.36. The molecule has 21 heavy (non-hydrogen) atoms. The average Bonchev–Trinajstić information content (AvgIpc) is 2.52. The number of benzene rings is 2. The van der Waals surface area contributed by atoms with Gasteiger partial charge in [0.05, 0.1) is 31.7 Å². The van der Waals surface area contributed by atoms with Gasteiger partial charge in [-0.25, -0.2) is 4.39 Å². The lowest BCUT2D eigenvalue weighted by Gasteiger charge is -2.19. The Bertz CT molecular complexity index is 606. The Morgan fingerprint density at radius 3 is 2.05 bits per heavy atom. The minimum absolute atomic E-state index is 0.260. The number of hydrogen-bond acceptors (Lipinski definition) is 3. The van der Waals surface area contributed by atoms with Crippen LogP contribution in [-0.2, 0) is 0 Å². The molecule has 1 atom stereocenters. The summed E-state index contributed by atoms with van der Waals surface area (Å²) in [5.74, 6) is 1.56. The van der Waals surface area contributed by atoms with Gasteiger partial charge in [0.2, 0.25) is 0 Å². The number of ether oxygens (including phenoxy) is 3. The third-order valence-corrected chi connectivity index (χ3v) is 4.13. The van der Waals surface area contributed by atoms with E-state index in [0.717, 1.165) is 11.1 Å². The highest BCUT2D eigenvalue weighted by Crippen LogP contribution is 2.44. The van der Waals surface area contributed by atoms with Gasteiger partial charge in [-0.15, -0.1) is 0 Å². The molecule has 0 N–H and O–H groups in total. The summed E-state index contributed by atoms with van der Waals surface area (Å²) >= 11 is 3.59. The second kappa shape index (κ2) is 6.80. The van der Waals surface area contributed by atoms with Gasteiger partial charge in [-0.2, -0.15) is 0 Å². The molecule has 2 aromatic carbocycles. The largest absolute Gasteiger partial charge is 0.496 e. The van der Waals surface area contributed by atoms with Gasteiger partial charge in [-0.3, -0.25) is 0 Å². The van der Waals surface area contributed by atoms with Crippen molar-refractivity contribution in [2.24, 2.45) is 0 Å². The lowest BCUT2D eigenvalue weighted by atomic mass is 10.0. The Morgan fingerprint density at radius 1 is 0.952 bits per heavy atom. The van der Waals surface area contributed by atoms with Crippen molar-refractivity contribution < 1.29 is 18.6 Å². The maximum atomic E-state index is 13.4. The molecule has 0 radical (unpaired) electrons. The molecule has 2 rings (SSSR count). The summed E-state index contributed by atoms with van der Waals surface area (Å²) in [5, 5.41) is 0. The summed E-state index contributed by atoms with van der Waals surface area (Å²) in [6.45, 7) is 0. The van der Waals surface area contributed by atoms with Crippen LogP contribution in [0.3, 0.4) is 0 Å². The first-order valence-electron chi connectivity index (χ1n) is 6.30. The van der Waals surface area contributed by atoms with Crippen molar-refractivity contribution in [3.8, 4) is 17.2 Å². The molecule has 5 heteroatoms. The normalized spacial score (nSPS) is 11.9. The second-order valence-corrected chi connectivity index (χ2v) is 5.28. The fraction of sp³-hybridized carbons (Fsp3) is 0.250. The first-order valence-corrected chi connectivity index (χ1v) is 7.21. The van der Waals surface area contributed by atoms with Crippen LogP contribution in [0.5, 0.6) is 17.2 Å². The Morgan fingerprint density at radius 2 is 1.57 bits per heavy atom. The predicted molar refractivity (Wildman–Crippen MR) is 83.3 cm³/mol. The molecule has 0 saturated heterocycles. The fourth-order valence-electron chi connectivity index (χ4n) is 2.11. The molecule has 0 amide bonds. The lowest BCUT2D eigenvalue weighted by molar-refractivity contribution is 0.369. The van der Waals surface area contributed by atoms with Crippen molar-refractivity contribution in [2.45, 2.75) is 4.83 Å². The van der Waals surface area contributed by atoms with Crippen molar-refractivity contribution in [1.82, 2.24) is 0 Å². The maximum absolute atomic E-state index is 13.4. The third kappa shape index (κ3) is 3.29. The van der Waals surface area contributed by atoms with Crippen LogP contribution in [0, 0.1) is 5.82 Å². The number of halogens is 2. The minimum Gasteiger partial charge on any atom is -0.496 e. The molecule has 0 aromatic heterocycles. The van der Waals surface area contributed by atoms with Crippen molar-refractivity contribution >= 4 is 15.9 Å². The van der Waals surface area contributed by atoms with Gasteiger partial charge in [0, 0.05) is 12.1 Å². The van der Waals surface area contributed by atoms with Crippen LogP contribution in [0.15, 0.2) is 36.4 Å². The van der Waals surface area contributed by atoms with Crippen LogP contribution in [0.2, 0.25) is 0 Å². The topological polar surface area (TPSA) is 27.7 Å². The maximum Gasteiger partial charge on any atom is 0.130 e. The van der Waals surface area contributed by atoms with Crippen LogP contribution in [-0.4, -0.2) is 21.3 Å². The van der Waals surface area contributed by atoms with Gasteiger partial charge in [0.15, 0.2) is 0 Å². The summed E-state index contributed by atoms with van der Waals surface area (Å²) in [6.07, 6.45) is 0. The Labute approximate surface area is 131 Å². The van der Waals surface area contributed by atoms with E-state index >= 15 is 0 Å². The first-order chi connectivity index (χ1) is 10.1. The zero-order chi connectivity index (χ0) is 15.4. The molecule has 0 spiro atoms. The first kappa shape index (κ1) is 15.6. The Kier molecular flexibility index (Phi) is 5.07. The van der Waals surface area contributed by atoms with Crippen LogP contribution in [0.25, 0.3) is 0 Å². The van der Waals surface area contributed by atoms with Crippen molar-refractivity contribution in [3.05, 3.63) is 53.3 Å². The molecular formula is C16H16BrFO3. The van der Waals surface area contributed by atoms with Crippen molar-refractivity contribution in [2.75, 3.05) is 21.3 Å². The molecule has 0 aliphatic rings. The fourth-order valence-corrected chi connectivity index (χ4v) is 2.85. The van der Waals surface area contributed by atoms with Gasteiger partial charge < -0.3 is 14.2 Å². The molecule has 2 aromatic rings. The highest BCUT2D eigenvalue weighted by molar-refractivity contribution is 9.09. The SMILES string of the molecule is COc1cc(OC)c(C(Br)c2cccc(F)c2)c(OC)c1. The van der Waals surface area contributed by atoms with E-state index in [2.05, 4.69) is 15.9 Å². The van der Waals surface area contributed by atoms with Crippen molar-refractivity contribution in [1.29, 1.82) is 0 Å². The monoisotopic (exact) mass is 354 g/mol. The van der Waals surface area contributed by atoms with Crippen LogP contribution in [0.1, 0.15) is 16.0 Å². The van der Waals surface area contributed by atoms with E-state index in [1.54, 1.807) is 39.5 Å². The van der Waals surface area contributed by atoms with Crippen LogP contribution < -0.4 is 14.2 Å². The number of alkyl halides is 1. The quantitative estimate of drug-likeness (QED) is 0.747. The Hall–Kier alpha value is -1.75. The molecule has 0 heterocycles. The molecule has 1 unspecified atom stereocenters. The molecule has 0 aliphatic carbocycles.